The highest BCUT2D eigenvalue weighted by molar-refractivity contribution is 5.92. The lowest BCUT2D eigenvalue weighted by molar-refractivity contribution is -0.152. The van der Waals surface area contributed by atoms with Gasteiger partial charge in [0.25, 0.3) is 5.91 Å². The number of hydrogen-bond acceptors (Lipinski definition) is 3. The molecule has 1 fully saturated rings. The number of carbonyl (C=O) groups excluding carboxylic acids is 1. The molecule has 1 aliphatic rings. The van der Waals surface area contributed by atoms with E-state index in [-0.39, 0.29) is 12.5 Å². The van der Waals surface area contributed by atoms with Gasteiger partial charge in [0.1, 0.15) is 5.76 Å². The minimum atomic E-state index is -0.814. The molecule has 0 bridgehead atoms. The molecular weight excluding hydrogens is 258 g/mol. The highest BCUT2D eigenvalue weighted by Gasteiger charge is 2.42. The molecule has 0 saturated carbocycles. The Kier molecular flexibility index (Phi) is 4.16. The van der Waals surface area contributed by atoms with E-state index >= 15 is 0 Å². The predicted octanol–water partition coefficient (Wildman–Crippen LogP) is 2.56. The maximum Gasteiger partial charge on any atom is 0.311 e. The van der Waals surface area contributed by atoms with Crippen LogP contribution in [-0.2, 0) is 11.2 Å². The van der Waals surface area contributed by atoms with E-state index < -0.39 is 11.4 Å². The van der Waals surface area contributed by atoms with Crippen molar-refractivity contribution in [1.82, 2.24) is 4.90 Å². The van der Waals surface area contributed by atoms with Gasteiger partial charge in [-0.3, -0.25) is 9.59 Å². The second kappa shape index (κ2) is 5.69. The number of carbonyl (C=O) groups is 2. The van der Waals surface area contributed by atoms with Gasteiger partial charge in [-0.05, 0) is 31.4 Å². The van der Waals surface area contributed by atoms with Crippen molar-refractivity contribution in [1.29, 1.82) is 0 Å². The molecule has 0 spiro atoms. The number of amides is 1. The predicted molar refractivity (Wildman–Crippen MR) is 73.6 cm³/mol. The van der Waals surface area contributed by atoms with Gasteiger partial charge in [-0.25, -0.2) is 0 Å². The molecule has 1 aliphatic heterocycles. The number of aliphatic carboxylic acids is 1. The summed E-state index contributed by atoms with van der Waals surface area (Å²) in [5.41, 5.74) is -0.811. The van der Waals surface area contributed by atoms with Crippen LogP contribution in [0.25, 0.3) is 0 Å². The molecule has 0 radical (unpaired) electrons. The van der Waals surface area contributed by atoms with Gasteiger partial charge in [0.2, 0.25) is 0 Å². The Hall–Kier alpha value is -1.78. The van der Waals surface area contributed by atoms with E-state index in [1.165, 1.54) is 0 Å². The molecule has 5 heteroatoms. The molecule has 0 aromatic carbocycles. The summed E-state index contributed by atoms with van der Waals surface area (Å²) in [4.78, 5) is 25.5. The zero-order valence-corrected chi connectivity index (χ0v) is 12.0. The molecule has 1 atom stereocenters. The van der Waals surface area contributed by atoms with Crippen LogP contribution in [-0.4, -0.2) is 35.0 Å². The van der Waals surface area contributed by atoms with E-state index in [2.05, 4.69) is 0 Å². The standard InChI is InChI=1S/C15H21NO4/c1-3-11-6-7-12(20-11)13(17)16-9-5-8-15(4-2,10-16)14(18)19/h6-7H,3-5,8-10H2,1-2H3,(H,18,19). The molecule has 1 aromatic heterocycles. The van der Waals surface area contributed by atoms with Crippen molar-refractivity contribution in [3.8, 4) is 0 Å². The van der Waals surface area contributed by atoms with Gasteiger partial charge in [0, 0.05) is 19.5 Å². The van der Waals surface area contributed by atoms with Crippen LogP contribution < -0.4 is 0 Å². The third kappa shape index (κ3) is 2.57. The molecule has 5 nitrogen and oxygen atoms in total. The van der Waals surface area contributed by atoms with Gasteiger partial charge in [-0.15, -0.1) is 0 Å². The van der Waals surface area contributed by atoms with Gasteiger partial charge >= 0.3 is 5.97 Å². The number of piperidine rings is 1. The average molecular weight is 279 g/mol. The van der Waals surface area contributed by atoms with Crippen molar-refractivity contribution in [2.24, 2.45) is 5.41 Å². The summed E-state index contributed by atoms with van der Waals surface area (Å²) in [7, 11) is 0. The number of nitrogens with zero attached hydrogens (tertiary/aromatic N) is 1. The third-order valence-electron chi connectivity index (χ3n) is 4.22. The van der Waals surface area contributed by atoms with Crippen LogP contribution in [0.5, 0.6) is 0 Å². The van der Waals surface area contributed by atoms with Gasteiger partial charge in [-0.2, -0.15) is 0 Å². The Morgan fingerprint density at radius 1 is 1.40 bits per heavy atom. The first-order valence-corrected chi connectivity index (χ1v) is 7.14. The number of aryl methyl sites for hydroxylation is 1. The molecule has 1 unspecified atom stereocenters. The minimum Gasteiger partial charge on any atom is -0.481 e. The average Bonchev–Trinajstić information content (AvgIpc) is 2.95. The monoisotopic (exact) mass is 279 g/mol. The van der Waals surface area contributed by atoms with Gasteiger partial charge < -0.3 is 14.4 Å². The lowest BCUT2D eigenvalue weighted by Gasteiger charge is -2.39. The van der Waals surface area contributed by atoms with Crippen molar-refractivity contribution in [2.75, 3.05) is 13.1 Å². The third-order valence-corrected chi connectivity index (χ3v) is 4.22. The maximum atomic E-state index is 12.4. The molecular formula is C15H21NO4. The fourth-order valence-electron chi connectivity index (χ4n) is 2.76. The molecule has 2 heterocycles. The fraction of sp³-hybridized carbons (Fsp3) is 0.600. The van der Waals surface area contributed by atoms with Crippen LogP contribution >= 0.6 is 0 Å². The summed E-state index contributed by atoms with van der Waals surface area (Å²) >= 11 is 0. The molecule has 1 amide bonds. The van der Waals surface area contributed by atoms with E-state index in [0.717, 1.165) is 12.2 Å². The second-order valence-corrected chi connectivity index (χ2v) is 5.39. The SMILES string of the molecule is CCc1ccc(C(=O)N2CCCC(CC)(C(=O)O)C2)o1. The number of hydrogen-bond donors (Lipinski definition) is 1. The number of carboxylic acids is 1. The molecule has 20 heavy (non-hydrogen) atoms. The first-order valence-electron chi connectivity index (χ1n) is 7.14. The van der Waals surface area contributed by atoms with Gasteiger partial charge in [-0.1, -0.05) is 13.8 Å². The molecule has 110 valence electrons. The van der Waals surface area contributed by atoms with Crippen LogP contribution in [0.4, 0.5) is 0 Å². The van der Waals surface area contributed by atoms with Crippen molar-refractivity contribution >= 4 is 11.9 Å². The van der Waals surface area contributed by atoms with Gasteiger partial charge in [0.15, 0.2) is 5.76 Å². The quantitative estimate of drug-likeness (QED) is 0.919. The van der Waals surface area contributed by atoms with Crippen LogP contribution in [0.15, 0.2) is 16.5 Å². The van der Waals surface area contributed by atoms with E-state index in [9.17, 15) is 14.7 Å². The highest BCUT2D eigenvalue weighted by atomic mass is 16.4. The first kappa shape index (κ1) is 14.6. The number of likely N-dealkylation sites (tertiary alicyclic amines) is 1. The zero-order valence-electron chi connectivity index (χ0n) is 12.0. The smallest absolute Gasteiger partial charge is 0.311 e. The number of rotatable bonds is 4. The highest BCUT2D eigenvalue weighted by Crippen LogP contribution is 2.34. The molecule has 1 saturated heterocycles. The number of furan rings is 1. The fourth-order valence-corrected chi connectivity index (χ4v) is 2.76. The molecule has 2 rings (SSSR count). The molecule has 0 aliphatic carbocycles. The van der Waals surface area contributed by atoms with Crippen molar-refractivity contribution in [2.45, 2.75) is 39.5 Å². The first-order chi connectivity index (χ1) is 9.52. The lowest BCUT2D eigenvalue weighted by atomic mass is 9.77. The van der Waals surface area contributed by atoms with E-state index in [4.69, 9.17) is 4.42 Å². The topological polar surface area (TPSA) is 70.8 Å². The summed E-state index contributed by atoms with van der Waals surface area (Å²) in [6.45, 7) is 4.68. The van der Waals surface area contributed by atoms with Crippen LogP contribution in [0.2, 0.25) is 0 Å². The summed E-state index contributed by atoms with van der Waals surface area (Å²) in [6.07, 6.45) is 2.61. The summed E-state index contributed by atoms with van der Waals surface area (Å²) in [6, 6.07) is 3.46. The lowest BCUT2D eigenvalue weighted by Crippen LogP contribution is -2.49. The Bertz CT molecular complexity index is 508. The zero-order chi connectivity index (χ0) is 14.8. The number of carboxylic acid groups (broad SMARTS) is 1. The Morgan fingerprint density at radius 3 is 2.70 bits per heavy atom. The van der Waals surface area contributed by atoms with Crippen LogP contribution in [0, 0.1) is 5.41 Å². The summed E-state index contributed by atoms with van der Waals surface area (Å²) in [5.74, 6) is 0.0548. The van der Waals surface area contributed by atoms with Crippen LogP contribution in [0.3, 0.4) is 0 Å². The van der Waals surface area contributed by atoms with E-state index in [0.29, 0.717) is 31.6 Å². The van der Waals surface area contributed by atoms with Crippen molar-refractivity contribution in [3.63, 3.8) is 0 Å². The summed E-state index contributed by atoms with van der Waals surface area (Å²) < 4.78 is 5.47. The molecule has 1 N–H and O–H groups in total. The van der Waals surface area contributed by atoms with Gasteiger partial charge in [0.05, 0.1) is 5.41 Å². The normalized spacial score (nSPS) is 22.8. The molecule has 1 aromatic rings. The summed E-state index contributed by atoms with van der Waals surface area (Å²) in [5, 5.41) is 9.44. The van der Waals surface area contributed by atoms with E-state index in [1.54, 1.807) is 17.0 Å². The Morgan fingerprint density at radius 2 is 2.15 bits per heavy atom. The minimum absolute atomic E-state index is 0.205. The largest absolute Gasteiger partial charge is 0.481 e. The van der Waals surface area contributed by atoms with Crippen molar-refractivity contribution in [3.05, 3.63) is 23.7 Å². The van der Waals surface area contributed by atoms with E-state index in [1.807, 2.05) is 13.8 Å². The Balaban J connectivity index is 2.16. The maximum absolute atomic E-state index is 12.4. The van der Waals surface area contributed by atoms with Crippen molar-refractivity contribution < 1.29 is 19.1 Å². The Labute approximate surface area is 118 Å². The second-order valence-electron chi connectivity index (χ2n) is 5.39. The van der Waals surface area contributed by atoms with Crippen LogP contribution in [0.1, 0.15) is 49.4 Å².